The van der Waals surface area contributed by atoms with Gasteiger partial charge in [0.2, 0.25) is 0 Å². The van der Waals surface area contributed by atoms with Crippen LogP contribution in [0.3, 0.4) is 0 Å². The van der Waals surface area contributed by atoms with E-state index in [2.05, 4.69) is 20.1 Å². The van der Waals surface area contributed by atoms with Crippen LogP contribution in [-0.4, -0.2) is 58.0 Å². The lowest BCUT2D eigenvalue weighted by Crippen LogP contribution is -2.18. The molecule has 0 aliphatic rings. The highest BCUT2D eigenvalue weighted by molar-refractivity contribution is 5.94. The Kier molecular flexibility index (Phi) is 7.71. The highest BCUT2D eigenvalue weighted by Crippen LogP contribution is 2.32. The molecule has 2 heterocycles. The van der Waals surface area contributed by atoms with Crippen molar-refractivity contribution in [1.29, 1.82) is 5.41 Å². The van der Waals surface area contributed by atoms with E-state index in [0.717, 1.165) is 15.8 Å². The zero-order chi connectivity index (χ0) is 25.5. The van der Waals surface area contributed by atoms with Gasteiger partial charge in [-0.1, -0.05) is 24.3 Å². The maximum atomic E-state index is 12.8. The Hall–Kier alpha value is -4.51. The number of H-pyrrole nitrogens is 1. The third-order valence-corrected chi connectivity index (χ3v) is 5.51. The van der Waals surface area contributed by atoms with Crippen LogP contribution in [0, 0.1) is 5.41 Å². The van der Waals surface area contributed by atoms with Crippen LogP contribution < -0.4 is 20.9 Å². The van der Waals surface area contributed by atoms with Crippen molar-refractivity contribution in [2.45, 2.75) is 12.3 Å². The smallest absolute Gasteiger partial charge is 0.350 e. The number of nitrogen functional groups attached to an aromatic ring is 1. The largest absolute Gasteiger partial charge is 0.497 e. The summed E-state index contributed by atoms with van der Waals surface area (Å²) in [6.07, 6.45) is 3.58. The van der Waals surface area contributed by atoms with Gasteiger partial charge >= 0.3 is 5.69 Å². The summed E-state index contributed by atoms with van der Waals surface area (Å²) in [6, 6.07) is 14.6. The topological polar surface area (TPSA) is 154 Å². The van der Waals surface area contributed by atoms with E-state index < -0.39 is 5.69 Å². The third-order valence-electron chi connectivity index (χ3n) is 5.51. The number of amidine groups is 1. The first kappa shape index (κ1) is 24.6. The number of methoxy groups -OCH3 is 2. The van der Waals surface area contributed by atoms with Gasteiger partial charge in [-0.05, 0) is 35.7 Å². The summed E-state index contributed by atoms with van der Waals surface area (Å²) in [5, 5.41) is 12.2. The van der Waals surface area contributed by atoms with Crippen molar-refractivity contribution in [2.75, 3.05) is 27.4 Å². The molecule has 4 aromatic rings. The molecule has 0 bridgehead atoms. The molecule has 2 aromatic heterocycles. The maximum Gasteiger partial charge on any atom is 0.350 e. The number of aromatic amines is 1. The molecule has 1 unspecified atom stereocenters. The molecule has 0 radical (unpaired) electrons. The number of rotatable bonds is 11. The summed E-state index contributed by atoms with van der Waals surface area (Å²) in [5.74, 6) is 1.43. The van der Waals surface area contributed by atoms with E-state index in [1.807, 2.05) is 24.3 Å². The van der Waals surface area contributed by atoms with Crippen LogP contribution in [0.5, 0.6) is 11.5 Å². The second-order valence-electron chi connectivity index (χ2n) is 7.93. The molecule has 1 atom stereocenters. The molecule has 0 aliphatic carbocycles. The van der Waals surface area contributed by atoms with E-state index in [4.69, 9.17) is 25.4 Å². The molecule has 0 spiro atoms. The van der Waals surface area contributed by atoms with Crippen molar-refractivity contribution in [3.8, 4) is 17.4 Å². The SMILES string of the molecule is COCCOc1cc(OC)cc(C(Cc2ccc(C(=N)N)cc2)c2nn(-c3ncccn3)c(=O)[nH]2)c1. The maximum absolute atomic E-state index is 12.8. The number of hydrogen-bond acceptors (Lipinski definition) is 8. The van der Waals surface area contributed by atoms with Gasteiger partial charge in [0.1, 0.15) is 29.8 Å². The first-order chi connectivity index (χ1) is 17.5. The Morgan fingerprint density at radius 3 is 2.47 bits per heavy atom. The molecular weight excluding hydrogens is 462 g/mol. The molecule has 4 rings (SSSR count). The van der Waals surface area contributed by atoms with Gasteiger partial charge in [-0.25, -0.2) is 14.8 Å². The van der Waals surface area contributed by atoms with Crippen LogP contribution in [0.25, 0.3) is 5.95 Å². The average Bonchev–Trinajstić information content (AvgIpc) is 3.29. The Balaban J connectivity index is 1.77. The molecule has 0 fully saturated rings. The minimum Gasteiger partial charge on any atom is -0.497 e. The van der Waals surface area contributed by atoms with Crippen LogP contribution >= 0.6 is 0 Å². The lowest BCUT2D eigenvalue weighted by Gasteiger charge is -2.18. The number of nitrogens with two attached hydrogens (primary N) is 1. The van der Waals surface area contributed by atoms with Gasteiger partial charge in [0.25, 0.3) is 5.95 Å². The number of nitrogens with zero attached hydrogens (tertiary/aromatic N) is 4. The van der Waals surface area contributed by atoms with Gasteiger partial charge in [0, 0.05) is 37.1 Å². The van der Waals surface area contributed by atoms with Crippen molar-refractivity contribution in [3.63, 3.8) is 0 Å². The normalized spacial score (nSPS) is 11.7. The van der Waals surface area contributed by atoms with E-state index in [-0.39, 0.29) is 17.7 Å². The fraction of sp³-hybridized carbons (Fsp3) is 0.240. The summed E-state index contributed by atoms with van der Waals surface area (Å²) in [7, 11) is 3.19. The lowest BCUT2D eigenvalue weighted by molar-refractivity contribution is 0.146. The number of aromatic nitrogens is 5. The minimum absolute atomic E-state index is 0.00493. The van der Waals surface area contributed by atoms with E-state index in [9.17, 15) is 4.79 Å². The highest BCUT2D eigenvalue weighted by atomic mass is 16.5. The zero-order valence-corrected chi connectivity index (χ0v) is 20.0. The molecular formula is C25H27N7O4. The second kappa shape index (κ2) is 11.3. The van der Waals surface area contributed by atoms with Gasteiger partial charge in [0.15, 0.2) is 0 Å². The van der Waals surface area contributed by atoms with Crippen LogP contribution in [0.2, 0.25) is 0 Å². The number of ether oxygens (including phenoxy) is 3. The molecule has 186 valence electrons. The second-order valence-corrected chi connectivity index (χ2v) is 7.93. The predicted molar refractivity (Wildman–Crippen MR) is 133 cm³/mol. The van der Waals surface area contributed by atoms with Crippen LogP contribution in [0.1, 0.15) is 28.4 Å². The molecule has 11 heteroatoms. The molecule has 0 saturated carbocycles. The first-order valence-electron chi connectivity index (χ1n) is 11.2. The summed E-state index contributed by atoms with van der Waals surface area (Å²) in [4.78, 5) is 23.9. The molecule has 36 heavy (non-hydrogen) atoms. The average molecular weight is 490 g/mol. The van der Waals surface area contributed by atoms with Crippen LogP contribution in [-0.2, 0) is 11.2 Å². The third kappa shape index (κ3) is 5.76. The van der Waals surface area contributed by atoms with Crippen LogP contribution in [0.4, 0.5) is 0 Å². The van der Waals surface area contributed by atoms with Gasteiger partial charge in [-0.2, -0.15) is 0 Å². The summed E-state index contributed by atoms with van der Waals surface area (Å²) >= 11 is 0. The van der Waals surface area contributed by atoms with E-state index in [1.165, 1.54) is 0 Å². The monoisotopic (exact) mass is 489 g/mol. The van der Waals surface area contributed by atoms with Gasteiger partial charge < -0.3 is 19.9 Å². The fourth-order valence-electron chi connectivity index (χ4n) is 3.70. The summed E-state index contributed by atoms with van der Waals surface area (Å²) in [5.41, 5.74) is 7.57. The van der Waals surface area contributed by atoms with E-state index in [1.54, 1.807) is 50.9 Å². The standard InChI is InChI=1S/C25H27N7O4/c1-34-10-11-36-20-14-18(13-19(15-20)35-2)21(12-16-4-6-17(7-5-16)22(26)27)23-30-25(33)32(31-23)24-28-8-3-9-29-24/h3-9,13-15,21H,10-12H2,1-2H3,(H3,26,27)(H,30,31,33). The molecule has 2 aromatic carbocycles. The number of nitrogens with one attached hydrogen (secondary N) is 2. The highest BCUT2D eigenvalue weighted by Gasteiger charge is 2.23. The number of hydrogen-bond donors (Lipinski definition) is 3. The van der Waals surface area contributed by atoms with Crippen molar-refractivity contribution in [1.82, 2.24) is 24.7 Å². The quantitative estimate of drug-likeness (QED) is 0.164. The first-order valence-corrected chi connectivity index (χ1v) is 11.2. The van der Waals surface area contributed by atoms with Crippen molar-refractivity contribution in [2.24, 2.45) is 5.73 Å². The lowest BCUT2D eigenvalue weighted by atomic mass is 9.90. The Morgan fingerprint density at radius 1 is 1.08 bits per heavy atom. The van der Waals surface area contributed by atoms with Crippen molar-refractivity contribution in [3.05, 3.63) is 93.9 Å². The van der Waals surface area contributed by atoms with Gasteiger partial charge in [-0.15, -0.1) is 9.78 Å². The van der Waals surface area contributed by atoms with Gasteiger partial charge in [0.05, 0.1) is 13.7 Å². The molecule has 4 N–H and O–H groups in total. The Labute approximate surface area is 207 Å². The number of benzene rings is 2. The predicted octanol–water partition coefficient (Wildman–Crippen LogP) is 2.04. The fourth-order valence-corrected chi connectivity index (χ4v) is 3.70. The van der Waals surface area contributed by atoms with Crippen molar-refractivity contribution < 1.29 is 14.2 Å². The molecule has 0 saturated heterocycles. The molecule has 0 amide bonds. The van der Waals surface area contributed by atoms with E-state index in [0.29, 0.717) is 42.5 Å². The summed E-state index contributed by atoms with van der Waals surface area (Å²) in [6.45, 7) is 0.810. The summed E-state index contributed by atoms with van der Waals surface area (Å²) < 4.78 is 17.6. The molecule has 0 aliphatic heterocycles. The Morgan fingerprint density at radius 2 is 1.81 bits per heavy atom. The van der Waals surface area contributed by atoms with Crippen molar-refractivity contribution >= 4 is 5.84 Å². The Bertz CT molecular complexity index is 1370. The molecule has 11 nitrogen and oxygen atoms in total. The van der Waals surface area contributed by atoms with E-state index >= 15 is 0 Å². The van der Waals surface area contributed by atoms with Crippen LogP contribution in [0.15, 0.2) is 65.7 Å². The zero-order valence-electron chi connectivity index (χ0n) is 20.0. The minimum atomic E-state index is -0.451. The van der Waals surface area contributed by atoms with Gasteiger partial charge in [-0.3, -0.25) is 10.4 Å².